The molecule has 0 amide bonds. The minimum Gasteiger partial charge on any atom is -0.456 e. The standard InChI is InChI=1S/C58H48N2O2/c1-33-15-34(2)20-47(19-33)59(48-21-35(3)16-36(4)22-48)45-11-9-41-29-52-51-13-14-54-57(58(51)62-55(52)31-43(41)27-45)53-30-42-10-12-46(28-44(42)32-56(53)61-54)60(49-23-37(5)17-38(6)24-49)50-25-39(7)18-40(8)26-50/h9-32H,1-8H3. The molecule has 302 valence electrons. The van der Waals surface area contributed by atoms with Crippen LogP contribution in [0.15, 0.2) is 154 Å². The maximum absolute atomic E-state index is 6.89. The molecule has 0 N–H and O–H groups in total. The molecule has 0 bridgehead atoms. The number of furan rings is 2. The van der Waals surface area contributed by atoms with Gasteiger partial charge in [0.25, 0.3) is 0 Å². The summed E-state index contributed by atoms with van der Waals surface area (Å²) in [6.45, 7) is 17.3. The summed E-state index contributed by atoms with van der Waals surface area (Å²) in [5, 5.41) is 8.79. The second kappa shape index (κ2) is 14.1. The van der Waals surface area contributed by atoms with Gasteiger partial charge in [-0.1, -0.05) is 36.4 Å². The van der Waals surface area contributed by atoms with Crippen molar-refractivity contribution in [2.75, 3.05) is 9.80 Å². The molecular formula is C58H48N2O2. The molecule has 0 aliphatic carbocycles. The van der Waals surface area contributed by atoms with Crippen molar-refractivity contribution in [3.8, 4) is 0 Å². The van der Waals surface area contributed by atoms with Crippen molar-refractivity contribution in [3.63, 3.8) is 0 Å². The Balaban J connectivity index is 1.04. The van der Waals surface area contributed by atoms with Gasteiger partial charge in [-0.25, -0.2) is 0 Å². The molecule has 11 aromatic rings. The summed E-state index contributed by atoms with van der Waals surface area (Å²) >= 11 is 0. The van der Waals surface area contributed by atoms with Crippen LogP contribution in [0, 0.1) is 55.4 Å². The van der Waals surface area contributed by atoms with Gasteiger partial charge < -0.3 is 18.6 Å². The fourth-order valence-corrected chi connectivity index (χ4v) is 10.0. The third-order valence-electron chi connectivity index (χ3n) is 12.3. The highest BCUT2D eigenvalue weighted by molar-refractivity contribution is 6.24. The topological polar surface area (TPSA) is 32.8 Å². The maximum Gasteiger partial charge on any atom is 0.147 e. The molecule has 9 aromatic carbocycles. The van der Waals surface area contributed by atoms with Crippen molar-refractivity contribution in [1.82, 2.24) is 0 Å². The molecule has 0 aliphatic heterocycles. The number of fused-ring (bicyclic) bond motifs is 9. The number of aryl methyl sites for hydroxylation is 8. The number of hydrogen-bond donors (Lipinski definition) is 0. The van der Waals surface area contributed by atoms with E-state index in [0.29, 0.717) is 0 Å². The summed E-state index contributed by atoms with van der Waals surface area (Å²) in [5.74, 6) is 0. The van der Waals surface area contributed by atoms with Crippen LogP contribution in [-0.4, -0.2) is 0 Å². The van der Waals surface area contributed by atoms with Gasteiger partial charge in [0.1, 0.15) is 22.3 Å². The van der Waals surface area contributed by atoms with E-state index in [1.807, 2.05) is 0 Å². The predicted molar refractivity (Wildman–Crippen MR) is 263 cm³/mol. The van der Waals surface area contributed by atoms with E-state index in [1.165, 1.54) is 49.9 Å². The summed E-state index contributed by atoms with van der Waals surface area (Å²) in [7, 11) is 0. The average molecular weight is 805 g/mol. The lowest BCUT2D eigenvalue weighted by atomic mass is 10.0. The molecular weight excluding hydrogens is 757 g/mol. The number of nitrogens with zero attached hydrogens (tertiary/aromatic N) is 2. The van der Waals surface area contributed by atoms with Gasteiger partial charge in [0.15, 0.2) is 0 Å². The first-order chi connectivity index (χ1) is 29.9. The predicted octanol–water partition coefficient (Wildman–Crippen LogP) is 17.2. The molecule has 0 atom stereocenters. The van der Waals surface area contributed by atoms with Gasteiger partial charge in [0.05, 0.1) is 5.39 Å². The van der Waals surface area contributed by atoms with Crippen molar-refractivity contribution >= 4 is 99.5 Å². The Morgan fingerprint density at radius 3 is 1.08 bits per heavy atom. The zero-order valence-corrected chi connectivity index (χ0v) is 36.6. The zero-order valence-electron chi connectivity index (χ0n) is 36.6. The number of benzene rings is 9. The summed E-state index contributed by atoms with van der Waals surface area (Å²) in [4.78, 5) is 4.75. The van der Waals surface area contributed by atoms with Crippen molar-refractivity contribution in [3.05, 3.63) is 190 Å². The maximum atomic E-state index is 6.89. The Labute approximate surface area is 362 Å². The van der Waals surface area contributed by atoms with Crippen LogP contribution < -0.4 is 9.80 Å². The van der Waals surface area contributed by atoms with Gasteiger partial charge in [-0.3, -0.25) is 0 Å². The largest absolute Gasteiger partial charge is 0.456 e. The van der Waals surface area contributed by atoms with Crippen molar-refractivity contribution < 1.29 is 8.83 Å². The normalized spacial score (nSPS) is 11.9. The molecule has 4 nitrogen and oxygen atoms in total. The highest BCUT2D eigenvalue weighted by Crippen LogP contribution is 2.44. The Bertz CT molecular complexity index is 3460. The molecule has 4 heteroatoms. The first kappa shape index (κ1) is 37.7. The number of rotatable bonds is 6. The summed E-state index contributed by atoms with van der Waals surface area (Å²) in [5.41, 5.74) is 20.1. The average Bonchev–Trinajstić information content (AvgIpc) is 3.75. The second-order valence-electron chi connectivity index (χ2n) is 17.8. The third-order valence-corrected chi connectivity index (χ3v) is 12.3. The molecule has 0 spiro atoms. The van der Waals surface area contributed by atoms with Crippen LogP contribution in [0.1, 0.15) is 44.5 Å². The van der Waals surface area contributed by atoms with Gasteiger partial charge in [0.2, 0.25) is 0 Å². The first-order valence-corrected chi connectivity index (χ1v) is 21.5. The van der Waals surface area contributed by atoms with Crippen LogP contribution in [0.3, 0.4) is 0 Å². The Morgan fingerprint density at radius 1 is 0.274 bits per heavy atom. The fourth-order valence-electron chi connectivity index (χ4n) is 10.0. The lowest BCUT2D eigenvalue weighted by Gasteiger charge is -2.27. The highest BCUT2D eigenvalue weighted by Gasteiger charge is 2.21. The van der Waals surface area contributed by atoms with Crippen molar-refractivity contribution in [2.24, 2.45) is 0 Å². The Morgan fingerprint density at radius 2 is 0.661 bits per heavy atom. The molecule has 0 fully saturated rings. The molecule has 0 saturated carbocycles. The van der Waals surface area contributed by atoms with Crippen LogP contribution in [0.4, 0.5) is 34.1 Å². The second-order valence-corrected chi connectivity index (χ2v) is 17.8. The van der Waals surface area contributed by atoms with Gasteiger partial charge in [-0.15, -0.1) is 0 Å². The van der Waals surface area contributed by atoms with Gasteiger partial charge in [0, 0.05) is 50.3 Å². The van der Waals surface area contributed by atoms with E-state index < -0.39 is 0 Å². The monoisotopic (exact) mass is 804 g/mol. The minimum atomic E-state index is 0.818. The van der Waals surface area contributed by atoms with Crippen molar-refractivity contribution in [1.29, 1.82) is 0 Å². The van der Waals surface area contributed by atoms with Gasteiger partial charge in [-0.05, 0) is 231 Å². The minimum absolute atomic E-state index is 0.818. The van der Waals surface area contributed by atoms with Gasteiger partial charge >= 0.3 is 0 Å². The zero-order chi connectivity index (χ0) is 42.6. The summed E-state index contributed by atoms with van der Waals surface area (Å²) in [6, 6.07) is 53.8. The first-order valence-electron chi connectivity index (χ1n) is 21.5. The fraction of sp³-hybridized carbons (Fsp3) is 0.138. The summed E-state index contributed by atoms with van der Waals surface area (Å²) < 4.78 is 13.5. The van der Waals surface area contributed by atoms with E-state index in [0.717, 1.165) is 94.2 Å². The number of anilines is 6. The van der Waals surface area contributed by atoms with Crippen LogP contribution in [0.5, 0.6) is 0 Å². The van der Waals surface area contributed by atoms with E-state index in [2.05, 4.69) is 211 Å². The SMILES string of the molecule is Cc1cc(C)cc(N(c2cc(C)cc(C)c2)c2ccc3cc4c(cc3c2)oc2c4ccc3oc4cc5cc(N(c6cc(C)cc(C)c6)c6cc(C)cc(C)c6)ccc5cc4c32)c1. The molecule has 11 rings (SSSR count). The van der Waals surface area contributed by atoms with Crippen LogP contribution in [0.2, 0.25) is 0 Å². The smallest absolute Gasteiger partial charge is 0.147 e. The lowest BCUT2D eigenvalue weighted by Crippen LogP contribution is -2.11. The van der Waals surface area contributed by atoms with E-state index in [-0.39, 0.29) is 0 Å². The Kier molecular flexibility index (Phi) is 8.59. The van der Waals surface area contributed by atoms with Crippen molar-refractivity contribution in [2.45, 2.75) is 55.4 Å². The molecule has 0 unspecified atom stereocenters. The molecule has 62 heavy (non-hydrogen) atoms. The van der Waals surface area contributed by atoms with E-state index in [1.54, 1.807) is 0 Å². The molecule has 0 aliphatic rings. The quantitative estimate of drug-likeness (QED) is 0.168. The lowest BCUT2D eigenvalue weighted by molar-refractivity contribution is 0.663. The Hall–Kier alpha value is -7.30. The molecule has 2 aromatic heterocycles. The molecule has 0 saturated heterocycles. The summed E-state index contributed by atoms with van der Waals surface area (Å²) in [6.07, 6.45) is 0. The van der Waals surface area contributed by atoms with Crippen LogP contribution in [-0.2, 0) is 0 Å². The van der Waals surface area contributed by atoms with Gasteiger partial charge in [-0.2, -0.15) is 0 Å². The highest BCUT2D eigenvalue weighted by atomic mass is 16.3. The van der Waals surface area contributed by atoms with E-state index in [9.17, 15) is 0 Å². The van der Waals surface area contributed by atoms with E-state index >= 15 is 0 Å². The molecule has 2 heterocycles. The van der Waals surface area contributed by atoms with Crippen LogP contribution in [0.25, 0.3) is 65.4 Å². The van der Waals surface area contributed by atoms with Crippen LogP contribution >= 0.6 is 0 Å². The molecule has 0 radical (unpaired) electrons. The van der Waals surface area contributed by atoms with E-state index in [4.69, 9.17) is 8.83 Å². The third kappa shape index (κ3) is 6.46. The number of hydrogen-bond acceptors (Lipinski definition) is 4.